The van der Waals surface area contributed by atoms with E-state index in [-0.39, 0.29) is 35.3 Å². The molecule has 0 spiro atoms. The Bertz CT molecular complexity index is 1350. The van der Waals surface area contributed by atoms with Crippen molar-refractivity contribution in [3.05, 3.63) is 89.4 Å². The fourth-order valence-corrected chi connectivity index (χ4v) is 5.32. The molecule has 0 fully saturated rings. The topological polar surface area (TPSA) is 59.9 Å². The van der Waals surface area contributed by atoms with Crippen LogP contribution in [0.2, 0.25) is 0 Å². The molecule has 0 amide bonds. The monoisotopic (exact) mass is 458 g/mol. The second-order valence-corrected chi connectivity index (χ2v) is 10.1. The molecule has 8 heteroatoms. The van der Waals surface area contributed by atoms with E-state index in [9.17, 15) is 21.6 Å². The van der Waals surface area contributed by atoms with Gasteiger partial charge in [-0.3, -0.25) is 0 Å². The number of alkyl halides is 3. The second-order valence-electron chi connectivity index (χ2n) is 7.80. The first-order valence-corrected chi connectivity index (χ1v) is 12.0. The summed E-state index contributed by atoms with van der Waals surface area (Å²) < 4.78 is 66.1. The molecule has 4 rings (SSSR count). The van der Waals surface area contributed by atoms with Gasteiger partial charge in [-0.25, -0.2) is 18.4 Å². The van der Waals surface area contributed by atoms with E-state index in [1.165, 1.54) is 18.2 Å². The Kier molecular flexibility index (Phi) is 5.45. The smallest absolute Gasteiger partial charge is 0.235 e. The number of sulfone groups is 1. The number of fused-ring (bicyclic) bond motifs is 1. The average Bonchev–Trinajstić information content (AvgIpc) is 2.77. The highest BCUT2D eigenvalue weighted by Crippen LogP contribution is 2.45. The van der Waals surface area contributed by atoms with Crippen molar-refractivity contribution in [3.63, 3.8) is 0 Å². The zero-order valence-corrected chi connectivity index (χ0v) is 18.3. The van der Waals surface area contributed by atoms with Crippen LogP contribution >= 0.6 is 0 Å². The Balaban J connectivity index is 2.04. The van der Waals surface area contributed by atoms with Crippen molar-refractivity contribution in [1.82, 2.24) is 9.97 Å². The summed E-state index contributed by atoms with van der Waals surface area (Å²) >= 11 is 0. The highest BCUT2D eigenvalue weighted by atomic mass is 32.2. The largest absolute Gasteiger partial charge is 0.418 e. The molecule has 1 aliphatic rings. The number of benzene rings is 2. The fourth-order valence-electron chi connectivity index (χ4n) is 4.07. The molecule has 0 saturated carbocycles. The first kappa shape index (κ1) is 22.2. The van der Waals surface area contributed by atoms with Crippen molar-refractivity contribution in [3.8, 4) is 0 Å². The first-order valence-electron chi connectivity index (χ1n) is 10.1. The molecule has 1 aliphatic carbocycles. The van der Waals surface area contributed by atoms with Gasteiger partial charge in [-0.15, -0.1) is 0 Å². The summed E-state index contributed by atoms with van der Waals surface area (Å²) in [4.78, 5) is 8.64. The van der Waals surface area contributed by atoms with Crippen molar-refractivity contribution in [1.29, 1.82) is 0 Å². The number of hydrogen-bond acceptors (Lipinski definition) is 4. The third-order valence-corrected chi connectivity index (χ3v) is 7.51. The summed E-state index contributed by atoms with van der Waals surface area (Å²) in [6.07, 6.45) is 1.77. The van der Waals surface area contributed by atoms with Crippen LogP contribution in [0.1, 0.15) is 36.0 Å². The molecule has 1 aromatic heterocycles. The molecule has 2 aromatic carbocycles. The summed E-state index contributed by atoms with van der Waals surface area (Å²) in [5, 5.41) is 0.0846. The van der Waals surface area contributed by atoms with Gasteiger partial charge in [0, 0.05) is 24.5 Å². The van der Waals surface area contributed by atoms with E-state index in [2.05, 4.69) is 9.97 Å². The van der Waals surface area contributed by atoms with Gasteiger partial charge in [-0.05, 0) is 17.2 Å². The van der Waals surface area contributed by atoms with Crippen molar-refractivity contribution in [2.45, 2.75) is 30.7 Å². The minimum Gasteiger partial charge on any atom is -0.235 e. The summed E-state index contributed by atoms with van der Waals surface area (Å²) in [5.41, 5.74) is 0.487. The molecule has 3 aromatic rings. The van der Waals surface area contributed by atoms with Crippen LogP contribution in [0.25, 0.3) is 16.5 Å². The van der Waals surface area contributed by atoms with E-state index < -0.39 is 26.3 Å². The van der Waals surface area contributed by atoms with Crippen LogP contribution < -0.4 is 0 Å². The molecule has 0 bridgehead atoms. The van der Waals surface area contributed by atoms with Gasteiger partial charge in [0.1, 0.15) is 10.6 Å². The molecule has 0 saturated heterocycles. The number of para-hydroxylation sites is 1. The summed E-state index contributed by atoms with van der Waals surface area (Å²) in [6, 6.07) is 13.0. The number of aryl methyl sites for hydroxylation is 1. The summed E-state index contributed by atoms with van der Waals surface area (Å²) in [5.74, 6) is 0.163. The molecule has 32 heavy (non-hydrogen) atoms. The van der Waals surface area contributed by atoms with Gasteiger partial charge in [0.15, 0.2) is 9.84 Å². The molecular formula is C24H21F3N2O2S. The van der Waals surface area contributed by atoms with Crippen LogP contribution in [0.5, 0.6) is 0 Å². The maximum Gasteiger partial charge on any atom is 0.418 e. The van der Waals surface area contributed by atoms with Crippen molar-refractivity contribution < 1.29 is 21.6 Å². The molecule has 0 radical (unpaired) electrons. The Hall–Kier alpha value is -3.00. The maximum absolute atomic E-state index is 13.7. The Morgan fingerprint density at radius 2 is 1.75 bits per heavy atom. The fraction of sp³-hybridized carbons (Fsp3) is 0.250. The molecule has 1 unspecified atom stereocenters. The second kappa shape index (κ2) is 7.85. The number of hydrogen-bond donors (Lipinski definition) is 0. The van der Waals surface area contributed by atoms with Crippen LogP contribution in [0.15, 0.2) is 66.8 Å². The van der Waals surface area contributed by atoms with Crippen molar-refractivity contribution in [2.24, 2.45) is 0 Å². The normalized spacial score (nSPS) is 19.2. The molecule has 0 N–H and O–H groups in total. The van der Waals surface area contributed by atoms with Gasteiger partial charge < -0.3 is 0 Å². The quantitative estimate of drug-likeness (QED) is 0.518. The molecule has 0 aliphatic heterocycles. The van der Waals surface area contributed by atoms with E-state index in [1.54, 1.807) is 13.0 Å². The van der Waals surface area contributed by atoms with Crippen LogP contribution in [-0.4, -0.2) is 24.6 Å². The van der Waals surface area contributed by atoms with Gasteiger partial charge in [0.05, 0.1) is 16.8 Å². The van der Waals surface area contributed by atoms with Crippen LogP contribution in [0, 0.1) is 0 Å². The Morgan fingerprint density at radius 3 is 2.38 bits per heavy atom. The predicted molar refractivity (Wildman–Crippen MR) is 119 cm³/mol. The summed E-state index contributed by atoms with van der Waals surface area (Å²) in [6.45, 7) is 1.72. The number of allylic oxidation sites excluding steroid dienone is 3. The van der Waals surface area contributed by atoms with E-state index in [4.69, 9.17) is 0 Å². The Labute approximate surface area is 184 Å². The standard InChI is InChI=1S/C24H21F3N2O2S/c1-3-20-28-21-18(12-7-13-19(21)24(25,26)27)22(29-20)23(32(2,30)31)14-8-11-17(15-23)16-9-5-4-6-10-16/h4-14H,3,15H2,1-2H3. The molecule has 1 heterocycles. The van der Waals surface area contributed by atoms with Gasteiger partial charge in [-0.2, -0.15) is 13.2 Å². The molecule has 4 nitrogen and oxygen atoms in total. The van der Waals surface area contributed by atoms with E-state index >= 15 is 0 Å². The average molecular weight is 459 g/mol. The van der Waals surface area contributed by atoms with E-state index in [0.29, 0.717) is 0 Å². The number of rotatable bonds is 4. The number of nitrogens with zero attached hydrogens (tertiary/aromatic N) is 2. The van der Waals surface area contributed by atoms with Crippen LogP contribution in [0.3, 0.4) is 0 Å². The minimum atomic E-state index is -4.63. The SMILES string of the molecule is CCc1nc(C2(S(C)(=O)=O)C=CC=C(c3ccccc3)C2)c2cccc(C(F)(F)F)c2n1. The van der Waals surface area contributed by atoms with E-state index in [1.807, 2.05) is 36.4 Å². The van der Waals surface area contributed by atoms with Gasteiger partial charge in [0.25, 0.3) is 0 Å². The van der Waals surface area contributed by atoms with Crippen LogP contribution in [0.4, 0.5) is 13.2 Å². The zero-order valence-electron chi connectivity index (χ0n) is 17.5. The molecular weight excluding hydrogens is 437 g/mol. The van der Waals surface area contributed by atoms with Crippen molar-refractivity contribution >= 4 is 26.3 Å². The van der Waals surface area contributed by atoms with E-state index in [0.717, 1.165) is 23.5 Å². The number of halogens is 3. The lowest BCUT2D eigenvalue weighted by atomic mass is 9.85. The third kappa shape index (κ3) is 3.72. The number of aromatic nitrogens is 2. The zero-order chi connectivity index (χ0) is 23.1. The van der Waals surface area contributed by atoms with Gasteiger partial charge >= 0.3 is 6.18 Å². The first-order chi connectivity index (χ1) is 15.1. The lowest BCUT2D eigenvalue weighted by Crippen LogP contribution is -2.36. The van der Waals surface area contributed by atoms with Gasteiger partial charge in [-0.1, -0.05) is 67.6 Å². The summed E-state index contributed by atoms with van der Waals surface area (Å²) in [7, 11) is -3.85. The van der Waals surface area contributed by atoms with Gasteiger partial charge in [0.2, 0.25) is 0 Å². The lowest BCUT2D eigenvalue weighted by Gasteiger charge is -2.33. The van der Waals surface area contributed by atoms with Crippen LogP contribution in [-0.2, 0) is 27.2 Å². The Morgan fingerprint density at radius 1 is 1.03 bits per heavy atom. The highest BCUT2D eigenvalue weighted by Gasteiger charge is 2.46. The van der Waals surface area contributed by atoms with Crippen molar-refractivity contribution in [2.75, 3.05) is 6.26 Å². The third-order valence-electron chi connectivity index (χ3n) is 5.72. The lowest BCUT2D eigenvalue weighted by molar-refractivity contribution is -0.136. The minimum absolute atomic E-state index is 0.0534. The predicted octanol–water partition coefficient (Wildman–Crippen LogP) is 5.49. The molecule has 166 valence electrons. The molecule has 1 atom stereocenters. The maximum atomic E-state index is 13.7. The highest BCUT2D eigenvalue weighted by molar-refractivity contribution is 7.91.